The van der Waals surface area contributed by atoms with Crippen LogP contribution < -0.4 is 5.48 Å². The van der Waals surface area contributed by atoms with Crippen LogP contribution in [0.4, 0.5) is 0 Å². The molecule has 1 amide bonds. The van der Waals surface area contributed by atoms with Gasteiger partial charge in [-0.2, -0.15) is 0 Å². The molecule has 3 heteroatoms. The Balaban J connectivity index is 3.09. The molecule has 0 saturated heterocycles. The minimum absolute atomic E-state index is 0.117. The molecule has 0 rings (SSSR count). The second-order valence-corrected chi connectivity index (χ2v) is 1.37. The maximum atomic E-state index is 10.4. The van der Waals surface area contributed by atoms with Gasteiger partial charge in [-0.1, -0.05) is 12.8 Å². The van der Waals surface area contributed by atoms with Gasteiger partial charge in [0.25, 0.3) is 0 Å². The highest BCUT2D eigenvalue weighted by Gasteiger charge is 1.91. The zero-order valence-electron chi connectivity index (χ0n) is 5.31. The summed E-state index contributed by atoms with van der Waals surface area (Å²) in [6.45, 7) is 1.85. The van der Waals surface area contributed by atoms with Crippen molar-refractivity contribution in [2.24, 2.45) is 0 Å². The van der Waals surface area contributed by atoms with Gasteiger partial charge in [-0.15, -0.1) is 6.42 Å². The SMILES string of the molecule is C#CCONC(=O)CC. The Labute approximate surface area is 54.3 Å². The summed E-state index contributed by atoms with van der Waals surface area (Å²) in [6, 6.07) is 0. The van der Waals surface area contributed by atoms with E-state index in [0.29, 0.717) is 6.42 Å². The average molecular weight is 127 g/mol. The maximum absolute atomic E-state index is 10.4. The summed E-state index contributed by atoms with van der Waals surface area (Å²) in [4.78, 5) is 14.9. The van der Waals surface area contributed by atoms with Crippen LogP contribution in [0.1, 0.15) is 13.3 Å². The Kier molecular flexibility index (Phi) is 4.56. The van der Waals surface area contributed by atoms with Crippen molar-refractivity contribution in [1.29, 1.82) is 0 Å². The van der Waals surface area contributed by atoms with Gasteiger partial charge in [0.05, 0.1) is 0 Å². The summed E-state index contributed by atoms with van der Waals surface area (Å²) in [5.41, 5.74) is 2.15. The Morgan fingerprint density at radius 1 is 1.89 bits per heavy atom. The van der Waals surface area contributed by atoms with Gasteiger partial charge in [0.1, 0.15) is 6.61 Å². The van der Waals surface area contributed by atoms with Crippen LogP contribution in [0.3, 0.4) is 0 Å². The lowest BCUT2D eigenvalue weighted by molar-refractivity contribution is -0.132. The quantitative estimate of drug-likeness (QED) is 0.331. The molecular formula is C6H9NO2. The van der Waals surface area contributed by atoms with Gasteiger partial charge in [0.15, 0.2) is 0 Å². The Bertz CT molecular complexity index is 126. The van der Waals surface area contributed by atoms with Gasteiger partial charge in [-0.3, -0.25) is 9.63 Å². The molecule has 0 atom stereocenters. The molecule has 0 spiro atoms. The van der Waals surface area contributed by atoms with Crippen LogP contribution in [0.5, 0.6) is 0 Å². The number of carbonyl (C=O) groups excluding carboxylic acids is 1. The van der Waals surface area contributed by atoms with Crippen molar-refractivity contribution < 1.29 is 9.63 Å². The number of terminal acetylenes is 1. The number of hydroxylamine groups is 1. The molecule has 0 aromatic carbocycles. The number of hydrogen-bond donors (Lipinski definition) is 1. The first-order valence-corrected chi connectivity index (χ1v) is 2.65. The highest BCUT2D eigenvalue weighted by molar-refractivity contribution is 5.74. The van der Waals surface area contributed by atoms with Crippen LogP contribution in [0.2, 0.25) is 0 Å². The van der Waals surface area contributed by atoms with Crippen LogP contribution in [-0.4, -0.2) is 12.5 Å². The standard InChI is InChI=1S/C6H9NO2/c1-3-5-9-7-6(8)4-2/h1H,4-5H2,2H3,(H,7,8). The molecule has 0 aliphatic carbocycles. The summed E-state index contributed by atoms with van der Waals surface area (Å²) in [5.74, 6) is 2.05. The lowest BCUT2D eigenvalue weighted by Crippen LogP contribution is -2.22. The van der Waals surface area contributed by atoms with Gasteiger partial charge in [-0.05, 0) is 0 Å². The minimum atomic E-state index is -0.162. The van der Waals surface area contributed by atoms with Crippen LogP contribution in [0.15, 0.2) is 0 Å². The van der Waals surface area contributed by atoms with Gasteiger partial charge in [0, 0.05) is 6.42 Å². The van der Waals surface area contributed by atoms with Crippen molar-refractivity contribution in [2.45, 2.75) is 13.3 Å². The molecule has 0 heterocycles. The van der Waals surface area contributed by atoms with Gasteiger partial charge in [0.2, 0.25) is 5.91 Å². The first-order valence-electron chi connectivity index (χ1n) is 2.65. The van der Waals surface area contributed by atoms with E-state index in [1.54, 1.807) is 6.92 Å². The molecule has 3 nitrogen and oxygen atoms in total. The fourth-order valence-corrected chi connectivity index (χ4v) is 0.230. The lowest BCUT2D eigenvalue weighted by atomic mass is 10.5. The molecule has 1 N–H and O–H groups in total. The lowest BCUT2D eigenvalue weighted by Gasteiger charge is -1.97. The van der Waals surface area contributed by atoms with Crippen LogP contribution in [-0.2, 0) is 9.63 Å². The Hall–Kier alpha value is -1.01. The zero-order chi connectivity index (χ0) is 7.11. The molecule has 0 aromatic heterocycles. The van der Waals surface area contributed by atoms with Crippen molar-refractivity contribution >= 4 is 5.91 Å². The van der Waals surface area contributed by atoms with E-state index in [1.807, 2.05) is 0 Å². The van der Waals surface area contributed by atoms with Gasteiger partial charge < -0.3 is 0 Å². The van der Waals surface area contributed by atoms with Crippen molar-refractivity contribution in [3.8, 4) is 12.3 Å². The molecule has 0 fully saturated rings. The molecule has 9 heavy (non-hydrogen) atoms. The summed E-state index contributed by atoms with van der Waals surface area (Å²) >= 11 is 0. The van der Waals surface area contributed by atoms with E-state index >= 15 is 0 Å². The van der Waals surface area contributed by atoms with E-state index in [2.05, 4.69) is 16.2 Å². The summed E-state index contributed by atoms with van der Waals surface area (Å²) in [7, 11) is 0. The first kappa shape index (κ1) is 7.99. The molecule has 0 unspecified atom stereocenters. The predicted molar refractivity (Wildman–Crippen MR) is 33.2 cm³/mol. The van der Waals surface area contributed by atoms with Crippen molar-refractivity contribution in [3.63, 3.8) is 0 Å². The van der Waals surface area contributed by atoms with Gasteiger partial charge in [-0.25, -0.2) is 5.48 Å². The van der Waals surface area contributed by atoms with E-state index in [1.165, 1.54) is 0 Å². The summed E-state index contributed by atoms with van der Waals surface area (Å²) < 4.78 is 0. The third kappa shape index (κ3) is 4.85. The number of hydrogen-bond acceptors (Lipinski definition) is 2. The van der Waals surface area contributed by atoms with Crippen molar-refractivity contribution in [3.05, 3.63) is 0 Å². The third-order valence-electron chi connectivity index (χ3n) is 0.663. The Morgan fingerprint density at radius 2 is 2.56 bits per heavy atom. The molecule has 0 aliphatic rings. The van der Waals surface area contributed by atoms with E-state index in [9.17, 15) is 4.79 Å². The molecule has 0 bridgehead atoms. The van der Waals surface area contributed by atoms with E-state index in [0.717, 1.165) is 0 Å². The van der Waals surface area contributed by atoms with Crippen LogP contribution in [0.25, 0.3) is 0 Å². The smallest absolute Gasteiger partial charge is 0.243 e. The molecular weight excluding hydrogens is 118 g/mol. The fourth-order valence-electron chi connectivity index (χ4n) is 0.230. The Morgan fingerprint density at radius 3 is 3.00 bits per heavy atom. The normalized spacial score (nSPS) is 8.00. The molecule has 0 radical (unpaired) electrons. The zero-order valence-corrected chi connectivity index (χ0v) is 5.31. The summed E-state index contributed by atoms with van der Waals surface area (Å²) in [6.07, 6.45) is 5.24. The molecule has 0 aromatic rings. The topological polar surface area (TPSA) is 38.3 Å². The second kappa shape index (κ2) is 5.13. The highest BCUT2D eigenvalue weighted by atomic mass is 16.6. The van der Waals surface area contributed by atoms with Gasteiger partial charge >= 0.3 is 0 Å². The molecule has 0 aliphatic heterocycles. The number of nitrogens with one attached hydrogen (secondary N) is 1. The average Bonchev–Trinajstić information content (AvgIpc) is 1.89. The van der Waals surface area contributed by atoms with E-state index in [4.69, 9.17) is 6.42 Å². The predicted octanol–water partition coefficient (Wildman–Crippen LogP) is 0.0774. The number of carbonyl (C=O) groups is 1. The second-order valence-electron chi connectivity index (χ2n) is 1.37. The third-order valence-corrected chi connectivity index (χ3v) is 0.663. The van der Waals surface area contributed by atoms with E-state index < -0.39 is 0 Å². The number of amides is 1. The monoisotopic (exact) mass is 127 g/mol. The maximum Gasteiger partial charge on any atom is 0.243 e. The minimum Gasteiger partial charge on any atom is -0.273 e. The first-order chi connectivity index (χ1) is 4.31. The highest BCUT2D eigenvalue weighted by Crippen LogP contribution is 1.73. The molecule has 50 valence electrons. The molecule has 0 saturated carbocycles. The van der Waals surface area contributed by atoms with E-state index in [-0.39, 0.29) is 12.5 Å². The summed E-state index contributed by atoms with van der Waals surface area (Å²) in [5, 5.41) is 0. The van der Waals surface area contributed by atoms with Crippen molar-refractivity contribution in [2.75, 3.05) is 6.61 Å². The fraction of sp³-hybridized carbons (Fsp3) is 0.500. The van der Waals surface area contributed by atoms with Crippen molar-refractivity contribution in [1.82, 2.24) is 5.48 Å². The number of rotatable bonds is 3. The largest absolute Gasteiger partial charge is 0.273 e. The van der Waals surface area contributed by atoms with Crippen LogP contribution in [0, 0.1) is 12.3 Å². The van der Waals surface area contributed by atoms with Crippen LogP contribution >= 0.6 is 0 Å².